The third kappa shape index (κ3) is 6.24. The van der Waals surface area contributed by atoms with E-state index in [0.29, 0.717) is 11.5 Å². The summed E-state index contributed by atoms with van der Waals surface area (Å²) in [6, 6.07) is 76.4. The van der Waals surface area contributed by atoms with Gasteiger partial charge in [0, 0.05) is 33.3 Å². The third-order valence-corrected chi connectivity index (χ3v) is 11.1. The topological polar surface area (TPSA) is 42.4 Å². The highest BCUT2D eigenvalue weighted by Gasteiger charge is 2.23. The second kappa shape index (κ2) is 14.5. The van der Waals surface area contributed by atoms with Crippen LogP contribution in [0.4, 0.5) is 17.1 Å². The maximum absolute atomic E-state index is 6.63. The Morgan fingerprint density at radius 3 is 1.49 bits per heavy atom. The van der Waals surface area contributed by atoms with Crippen LogP contribution in [0, 0.1) is 0 Å². The van der Waals surface area contributed by atoms with E-state index in [9.17, 15) is 0 Å². The number of hydrogen-bond donors (Lipinski definition) is 0. The van der Waals surface area contributed by atoms with E-state index in [0.717, 1.165) is 72.3 Å². The first kappa shape index (κ1) is 34.3. The predicted molar refractivity (Wildman–Crippen MR) is 243 cm³/mol. The fourth-order valence-corrected chi connectivity index (χ4v) is 8.23. The number of hydrogen-bond acceptors (Lipinski definition) is 4. The van der Waals surface area contributed by atoms with Crippen molar-refractivity contribution in [2.45, 2.75) is 0 Å². The van der Waals surface area contributed by atoms with Gasteiger partial charge in [0.25, 0.3) is 0 Å². The summed E-state index contributed by atoms with van der Waals surface area (Å²) in [5.74, 6) is 0.578. The Morgan fingerprint density at radius 2 is 0.847 bits per heavy atom. The zero-order valence-corrected chi connectivity index (χ0v) is 32.0. The second-order valence-electron chi connectivity index (χ2n) is 14.7. The lowest BCUT2D eigenvalue weighted by Crippen LogP contribution is -2.11. The summed E-state index contributed by atoms with van der Waals surface area (Å²) in [4.78, 5) is 7.35. The lowest BCUT2D eigenvalue weighted by Gasteiger charge is -2.28. The molecule has 0 aliphatic heterocycles. The first-order valence-electron chi connectivity index (χ1n) is 19.9. The average Bonchev–Trinajstić information content (AvgIpc) is 3.92. The van der Waals surface area contributed by atoms with Gasteiger partial charge >= 0.3 is 0 Å². The number of fused-ring (bicyclic) bond motifs is 4. The molecule has 4 heteroatoms. The predicted octanol–water partition coefficient (Wildman–Crippen LogP) is 15.5. The average molecular weight is 757 g/mol. The lowest BCUT2D eigenvalue weighted by molar-refractivity contribution is 0.619. The van der Waals surface area contributed by atoms with Crippen LogP contribution in [0.25, 0.3) is 89.0 Å². The Morgan fingerprint density at radius 1 is 0.356 bits per heavy atom. The molecule has 0 fully saturated rings. The number of benzene rings is 9. The first-order valence-corrected chi connectivity index (χ1v) is 19.9. The summed E-state index contributed by atoms with van der Waals surface area (Å²) >= 11 is 0. The van der Waals surface area contributed by atoms with Crippen molar-refractivity contribution in [3.05, 3.63) is 218 Å². The van der Waals surface area contributed by atoms with Gasteiger partial charge in [-0.1, -0.05) is 164 Å². The summed E-state index contributed by atoms with van der Waals surface area (Å²) in [5.41, 5.74) is 16.0. The van der Waals surface area contributed by atoms with Crippen LogP contribution in [0.5, 0.6) is 0 Å². The Hall–Kier alpha value is -7.95. The van der Waals surface area contributed by atoms with Crippen molar-refractivity contribution < 1.29 is 8.83 Å². The highest BCUT2D eigenvalue weighted by molar-refractivity contribution is 6.16. The smallest absolute Gasteiger partial charge is 0.227 e. The van der Waals surface area contributed by atoms with E-state index in [4.69, 9.17) is 13.8 Å². The van der Waals surface area contributed by atoms with E-state index in [1.807, 2.05) is 48.5 Å². The zero-order valence-electron chi connectivity index (χ0n) is 32.0. The minimum absolute atomic E-state index is 0.578. The van der Waals surface area contributed by atoms with Crippen LogP contribution in [0.3, 0.4) is 0 Å². The number of furan rings is 1. The van der Waals surface area contributed by atoms with Crippen LogP contribution in [0.15, 0.2) is 227 Å². The fraction of sp³-hybridized carbons (Fsp3) is 0. The molecule has 0 atom stereocenters. The Kier molecular flexibility index (Phi) is 8.45. The number of para-hydroxylation sites is 2. The van der Waals surface area contributed by atoms with E-state index >= 15 is 0 Å². The van der Waals surface area contributed by atoms with Gasteiger partial charge in [0.15, 0.2) is 5.58 Å². The van der Waals surface area contributed by atoms with Gasteiger partial charge in [0.05, 0.1) is 11.3 Å². The molecule has 11 rings (SSSR count). The molecule has 0 aliphatic carbocycles. The molecule has 0 aliphatic rings. The molecule has 0 N–H and O–H groups in total. The molecule has 0 bridgehead atoms. The molecular weight excluding hydrogens is 721 g/mol. The number of oxazole rings is 1. The van der Waals surface area contributed by atoms with Gasteiger partial charge in [-0.3, -0.25) is 0 Å². The molecule has 0 radical (unpaired) electrons. The van der Waals surface area contributed by atoms with Gasteiger partial charge in [-0.15, -0.1) is 0 Å². The van der Waals surface area contributed by atoms with Gasteiger partial charge in [0.2, 0.25) is 5.89 Å². The molecule has 0 unspecified atom stereocenters. The normalized spacial score (nSPS) is 11.4. The number of rotatable bonds is 8. The Balaban J connectivity index is 1.06. The molecule has 278 valence electrons. The number of aromatic nitrogens is 1. The summed E-state index contributed by atoms with van der Waals surface area (Å²) in [7, 11) is 0. The van der Waals surface area contributed by atoms with Crippen molar-refractivity contribution in [3.63, 3.8) is 0 Å². The Labute approximate surface area is 341 Å². The van der Waals surface area contributed by atoms with Crippen molar-refractivity contribution >= 4 is 50.1 Å². The molecule has 4 nitrogen and oxygen atoms in total. The first-order chi connectivity index (χ1) is 29.2. The minimum Gasteiger partial charge on any atom is -0.455 e. The van der Waals surface area contributed by atoms with Crippen molar-refractivity contribution in [2.24, 2.45) is 0 Å². The van der Waals surface area contributed by atoms with Crippen molar-refractivity contribution in [3.8, 4) is 56.0 Å². The van der Waals surface area contributed by atoms with Crippen LogP contribution < -0.4 is 4.90 Å². The summed E-state index contributed by atoms with van der Waals surface area (Å²) in [5, 5.41) is 2.05. The van der Waals surface area contributed by atoms with E-state index in [1.165, 1.54) is 22.3 Å². The van der Waals surface area contributed by atoms with Crippen molar-refractivity contribution in [2.75, 3.05) is 4.90 Å². The van der Waals surface area contributed by atoms with Crippen LogP contribution in [-0.2, 0) is 0 Å². The lowest BCUT2D eigenvalue weighted by atomic mass is 9.97. The molecule has 2 heterocycles. The monoisotopic (exact) mass is 756 g/mol. The minimum atomic E-state index is 0.578. The van der Waals surface area contributed by atoms with Gasteiger partial charge in [-0.05, 0) is 88.0 Å². The highest BCUT2D eigenvalue weighted by Crippen LogP contribution is 2.45. The zero-order chi connectivity index (χ0) is 39.1. The van der Waals surface area contributed by atoms with Crippen molar-refractivity contribution in [1.29, 1.82) is 0 Å². The maximum Gasteiger partial charge on any atom is 0.227 e. The number of nitrogens with zero attached hydrogens (tertiary/aromatic N) is 2. The van der Waals surface area contributed by atoms with Crippen molar-refractivity contribution in [1.82, 2.24) is 4.98 Å². The standard InChI is InChI=1S/C55H36N2O2/c1-4-14-37(15-5-1)39-24-26-41(27-25-39)46-20-10-12-22-50(46)57(44-32-28-40(29-33-44)38-16-6-2-7-17-38)45-34-30-42(31-35-45)52-53-48(47-21-11-13-23-51(47)58-53)36-49-54(52)59-55(56-49)43-18-8-3-9-19-43/h1-36H. The van der Waals surface area contributed by atoms with E-state index in [1.54, 1.807) is 0 Å². The maximum atomic E-state index is 6.63. The van der Waals surface area contributed by atoms with E-state index < -0.39 is 0 Å². The van der Waals surface area contributed by atoms with Gasteiger partial charge in [0.1, 0.15) is 16.7 Å². The fourth-order valence-electron chi connectivity index (χ4n) is 8.23. The van der Waals surface area contributed by atoms with Crippen LogP contribution >= 0.6 is 0 Å². The summed E-state index contributed by atoms with van der Waals surface area (Å²) in [6.07, 6.45) is 0. The summed E-state index contributed by atoms with van der Waals surface area (Å²) in [6.45, 7) is 0. The molecule has 0 saturated carbocycles. The van der Waals surface area contributed by atoms with E-state index in [2.05, 4.69) is 175 Å². The molecule has 59 heavy (non-hydrogen) atoms. The molecular formula is C55H36N2O2. The molecule has 2 aromatic heterocycles. The molecule has 11 aromatic rings. The highest BCUT2D eigenvalue weighted by atomic mass is 16.4. The quantitative estimate of drug-likeness (QED) is 0.155. The van der Waals surface area contributed by atoms with Crippen LogP contribution in [0.2, 0.25) is 0 Å². The molecule has 9 aromatic carbocycles. The molecule has 0 amide bonds. The number of anilines is 3. The molecule has 0 spiro atoms. The Bertz CT molecular complexity index is 3220. The largest absolute Gasteiger partial charge is 0.455 e. The SMILES string of the molecule is c1ccc(-c2ccc(-c3ccccc3N(c3ccc(-c4ccccc4)cc3)c3ccc(-c4c5oc(-c6ccccc6)nc5cc5c4oc4ccccc45)cc3)cc2)cc1. The molecule has 0 saturated heterocycles. The van der Waals surface area contributed by atoms with Gasteiger partial charge in [-0.25, -0.2) is 4.98 Å². The van der Waals surface area contributed by atoms with E-state index in [-0.39, 0.29) is 0 Å². The third-order valence-electron chi connectivity index (χ3n) is 11.1. The van der Waals surface area contributed by atoms with Crippen LogP contribution in [-0.4, -0.2) is 4.98 Å². The second-order valence-corrected chi connectivity index (χ2v) is 14.7. The van der Waals surface area contributed by atoms with Gasteiger partial charge in [-0.2, -0.15) is 0 Å². The summed E-state index contributed by atoms with van der Waals surface area (Å²) < 4.78 is 13.3. The van der Waals surface area contributed by atoms with Gasteiger partial charge < -0.3 is 13.7 Å². The van der Waals surface area contributed by atoms with Crippen LogP contribution in [0.1, 0.15) is 0 Å².